The van der Waals surface area contributed by atoms with Gasteiger partial charge in [0.1, 0.15) is 0 Å². The predicted octanol–water partition coefficient (Wildman–Crippen LogP) is 9.82. The number of rotatable bonds is 14. The van der Waals surface area contributed by atoms with E-state index in [9.17, 15) is 26.4 Å². The third kappa shape index (κ3) is 37.4. The molecule has 4 aromatic rings. The van der Waals surface area contributed by atoms with Gasteiger partial charge in [-0.1, -0.05) is 119 Å². The van der Waals surface area contributed by atoms with Crippen LogP contribution < -0.4 is 0 Å². The molecule has 0 fully saturated rings. The molecule has 4 rings (SSSR count). The minimum absolute atomic E-state index is 0.212. The Labute approximate surface area is 373 Å². The number of aliphatic hydroxyl groups excluding tert-OH is 1. The molecule has 0 spiro atoms. The minimum atomic E-state index is -3.40. The Hall–Kier alpha value is -2.91. The van der Waals surface area contributed by atoms with Crippen molar-refractivity contribution >= 4 is 87.3 Å². The minimum Gasteiger partial charge on any atom is -0.481 e. The van der Waals surface area contributed by atoms with Crippen molar-refractivity contribution in [2.75, 3.05) is 25.7 Å². The van der Waals surface area contributed by atoms with Crippen molar-refractivity contribution in [3.63, 3.8) is 0 Å². The summed E-state index contributed by atoms with van der Waals surface area (Å²) in [5.41, 5.74) is 9.36. The van der Waals surface area contributed by atoms with Crippen molar-refractivity contribution in [2.45, 2.75) is 66.2 Å². The van der Waals surface area contributed by atoms with Gasteiger partial charge in [-0.15, -0.1) is 0 Å². The highest BCUT2D eigenvalue weighted by Crippen LogP contribution is 2.09. The molecule has 0 unspecified atom stereocenters. The highest BCUT2D eigenvalue weighted by Gasteiger charge is 2.01. The maximum atomic E-state index is 10.7. The van der Waals surface area contributed by atoms with E-state index in [0.29, 0.717) is 6.42 Å². The number of hydrogen-bond donors (Lipinski definition) is 3. The number of carboxylic acid groups (broad SMARTS) is 2. The van der Waals surface area contributed by atoms with Crippen LogP contribution in [-0.2, 0) is 57.0 Å². The van der Waals surface area contributed by atoms with Crippen LogP contribution in [0.2, 0.25) is 0 Å². The summed E-state index contributed by atoms with van der Waals surface area (Å²) < 4.78 is 48.7. The van der Waals surface area contributed by atoms with E-state index in [1.54, 1.807) is 6.08 Å². The van der Waals surface area contributed by atoms with E-state index in [-0.39, 0.29) is 19.6 Å². The molecule has 0 aliphatic carbocycles. The summed E-state index contributed by atoms with van der Waals surface area (Å²) in [4.78, 5) is 20.4. The lowest BCUT2D eigenvalue weighted by Crippen LogP contribution is -2.04. The van der Waals surface area contributed by atoms with Crippen LogP contribution in [-0.4, -0.2) is 69.8 Å². The Morgan fingerprint density at radius 3 is 1.40 bits per heavy atom. The normalized spacial score (nSPS) is 10.4. The molecule has 0 aliphatic heterocycles. The zero-order chi connectivity index (χ0) is 44.6. The van der Waals surface area contributed by atoms with Crippen molar-refractivity contribution in [2.24, 2.45) is 0 Å². The molecule has 58 heavy (non-hydrogen) atoms. The first-order valence-corrected chi connectivity index (χ1v) is 27.9. The van der Waals surface area contributed by atoms with Crippen molar-refractivity contribution < 1.29 is 49.7 Å². The highest BCUT2D eigenvalue weighted by molar-refractivity contribution is 15.0. The molecule has 3 N–H and O–H groups in total. The highest BCUT2D eigenvalue weighted by atomic mass is 128. The number of halogens is 3. The molecule has 11 nitrogen and oxygen atoms in total. The predicted molar refractivity (Wildman–Crippen MR) is 252 cm³/mol. The number of aryl methyl sites for hydroxylation is 7. The van der Waals surface area contributed by atoms with Crippen molar-refractivity contribution in [3.05, 3.63) is 148 Å². The molecular weight excluding hydrogens is 1030 g/mol. The van der Waals surface area contributed by atoms with Gasteiger partial charge in [0, 0.05) is 56.3 Å². The van der Waals surface area contributed by atoms with E-state index in [0.717, 1.165) is 61.0 Å². The molecule has 0 bridgehead atoms. The van der Waals surface area contributed by atoms with Gasteiger partial charge in [-0.3, -0.25) is 8.98 Å². The van der Waals surface area contributed by atoms with Gasteiger partial charge < -0.3 is 15.3 Å². The van der Waals surface area contributed by atoms with Crippen LogP contribution in [0, 0.1) is 27.7 Å². The van der Waals surface area contributed by atoms with Crippen molar-refractivity contribution in [3.8, 4) is 0 Å². The van der Waals surface area contributed by atoms with Gasteiger partial charge in [0.05, 0.1) is 31.0 Å². The fourth-order valence-corrected chi connectivity index (χ4v) is 4.99. The first-order chi connectivity index (χ1) is 27.2. The van der Waals surface area contributed by atoms with E-state index in [4.69, 9.17) is 15.3 Å². The Balaban J connectivity index is 0. The van der Waals surface area contributed by atoms with E-state index >= 15 is 0 Å². The largest absolute Gasteiger partial charge is 0.481 e. The average Bonchev–Trinajstić information content (AvgIpc) is 3.15. The number of aliphatic carboxylic acids is 2. The van der Waals surface area contributed by atoms with Crippen LogP contribution in [0.1, 0.15) is 63.8 Å². The topological polar surface area (TPSA) is 182 Å². The molecule has 322 valence electrons. The molecule has 0 aromatic heterocycles. The van der Waals surface area contributed by atoms with E-state index in [1.165, 1.54) is 27.8 Å². The lowest BCUT2D eigenvalue weighted by Gasteiger charge is -2.02. The van der Waals surface area contributed by atoms with Crippen LogP contribution in [0.25, 0.3) is 6.08 Å². The number of benzene rings is 4. The first kappa shape index (κ1) is 57.2. The van der Waals surface area contributed by atoms with E-state index in [2.05, 4.69) is 94.3 Å². The zero-order valence-corrected chi connectivity index (χ0v) is 40.3. The first-order valence-electron chi connectivity index (χ1n) is 17.7. The Morgan fingerprint density at radius 2 is 1.05 bits per heavy atom. The summed E-state index contributed by atoms with van der Waals surface area (Å²) in [5, 5.41) is 25.4. The Kier molecular flexibility index (Phi) is 33.4. The van der Waals surface area contributed by atoms with Crippen LogP contribution in [0.15, 0.2) is 103 Å². The van der Waals surface area contributed by atoms with Gasteiger partial charge in [0.25, 0.3) is 20.2 Å². The maximum Gasteiger partial charge on any atom is 0.328 e. The van der Waals surface area contributed by atoms with E-state index < -0.39 is 32.2 Å². The number of carboxylic acids is 2. The van der Waals surface area contributed by atoms with Gasteiger partial charge in [-0.2, -0.15) is 20.6 Å². The second kappa shape index (κ2) is 33.9. The summed E-state index contributed by atoms with van der Waals surface area (Å²) in [6, 6.07) is 32.2. The SMILES string of the molecule is CS(=O)(=O)OCl.Cc1cccc(/C=C/C(=O)O)c1.Cc1cccc(CCC(=O)O)c1.Cc1cccc(CCCO)c1.Cc1cccc(CCCOS(C)(=O)=O)c1.II. The lowest BCUT2D eigenvalue weighted by atomic mass is 10.1. The van der Waals surface area contributed by atoms with Crippen molar-refractivity contribution in [1.82, 2.24) is 0 Å². The molecule has 16 heteroatoms. The van der Waals surface area contributed by atoms with Gasteiger partial charge in [0.15, 0.2) is 0 Å². The maximum absolute atomic E-state index is 10.7. The van der Waals surface area contributed by atoms with Gasteiger partial charge >= 0.3 is 11.9 Å². The van der Waals surface area contributed by atoms with Crippen LogP contribution in [0.4, 0.5) is 0 Å². The van der Waals surface area contributed by atoms with Gasteiger partial charge in [0.2, 0.25) is 0 Å². The molecule has 0 saturated heterocycles. The fourth-order valence-electron chi connectivity index (χ4n) is 4.57. The molecule has 0 atom stereocenters. The molecular formula is C42H55ClI2O11S2. The molecule has 0 amide bonds. The Bertz CT molecular complexity index is 2010. The number of hydrogen-bond acceptors (Lipinski definition) is 9. The third-order valence-corrected chi connectivity index (χ3v) is 8.49. The number of carbonyl (C=O) groups is 2. The van der Waals surface area contributed by atoms with Crippen LogP contribution >= 0.6 is 49.1 Å². The van der Waals surface area contributed by atoms with Crippen molar-refractivity contribution in [1.29, 1.82) is 0 Å². The smallest absolute Gasteiger partial charge is 0.328 e. The molecule has 0 heterocycles. The Morgan fingerprint density at radius 1 is 0.655 bits per heavy atom. The average molecular weight is 1090 g/mol. The van der Waals surface area contributed by atoms with Gasteiger partial charge in [-0.25, -0.2) is 4.79 Å². The van der Waals surface area contributed by atoms with Crippen LogP contribution in [0.5, 0.6) is 0 Å². The van der Waals surface area contributed by atoms with Crippen LogP contribution in [0.3, 0.4) is 0 Å². The fraction of sp³-hybridized carbons (Fsp3) is 0.333. The standard InChI is InChI=1S/C11H16O3S.C10H12O2.C10H10O2.C10H14O.CH3ClO3S.I2/c1-10-5-3-6-11(9-10)7-4-8-14-15(2,12)13;2*1-8-3-2-4-9(7-8)5-6-10(11)12;1-9-4-2-5-10(8-9)6-3-7-11;1-6(3,4)5-2;1-2/h3,5-6,9H,4,7-8H2,1-2H3;2-4,7H,5-6H2,1H3,(H,11,12);2-7H,1H3,(H,11,12);2,4-5,8,11H,3,6-7H2,1H3;1H3;/b;;6-5+;;;. The lowest BCUT2D eigenvalue weighted by molar-refractivity contribution is -0.137. The number of aliphatic hydroxyl groups is 1. The zero-order valence-electron chi connectivity index (χ0n) is 33.6. The third-order valence-electron chi connectivity index (χ3n) is 6.98. The molecule has 0 saturated carbocycles. The van der Waals surface area contributed by atoms with E-state index in [1.807, 2.05) is 87.5 Å². The summed E-state index contributed by atoms with van der Waals surface area (Å²) in [5.74, 6) is -1.66. The second-order valence-electron chi connectivity index (χ2n) is 12.7. The van der Waals surface area contributed by atoms with Gasteiger partial charge in [-0.05, 0) is 88.1 Å². The molecule has 0 radical (unpaired) electrons. The quantitative estimate of drug-likeness (QED) is 0.0473. The monoisotopic (exact) mass is 1090 g/mol. The summed E-state index contributed by atoms with van der Waals surface area (Å²) in [6.45, 7) is 8.64. The molecule has 4 aromatic carbocycles. The summed E-state index contributed by atoms with van der Waals surface area (Å²) in [6.07, 6.45) is 8.89. The second-order valence-corrected chi connectivity index (χ2v) is 16.2. The molecule has 0 aliphatic rings. The summed E-state index contributed by atoms with van der Waals surface area (Å²) >= 11 is 8.63. The summed E-state index contributed by atoms with van der Waals surface area (Å²) in [7, 11) is -6.68.